The lowest BCUT2D eigenvalue weighted by molar-refractivity contribution is -0.139. The number of hydrazone groups is 1. The van der Waals surface area contributed by atoms with E-state index >= 15 is 0 Å². The summed E-state index contributed by atoms with van der Waals surface area (Å²) in [6, 6.07) is 12.5. The second-order valence-electron chi connectivity index (χ2n) is 7.59. The number of hydrogen-bond donors (Lipinski definition) is 3. The molecule has 0 radical (unpaired) electrons. The topological polar surface area (TPSA) is 118 Å². The molecule has 9 heteroatoms. The van der Waals surface area contributed by atoms with Gasteiger partial charge in [-0.2, -0.15) is 5.10 Å². The molecule has 0 saturated carbocycles. The molecule has 2 aromatic rings. The molecule has 3 N–H and O–H groups in total. The lowest BCUT2D eigenvalue weighted by Gasteiger charge is -2.13. The minimum atomic E-state index is -0.850. The first-order valence-corrected chi connectivity index (χ1v) is 10.7. The Morgan fingerprint density at radius 2 is 1.79 bits per heavy atom. The molecule has 176 valence electrons. The Balaban J connectivity index is 1.95. The average Bonchev–Trinajstić information content (AvgIpc) is 2.78. The number of rotatable bonds is 10. The van der Waals surface area contributed by atoms with Crippen molar-refractivity contribution in [1.82, 2.24) is 10.7 Å². The van der Waals surface area contributed by atoms with Crippen LogP contribution in [0.2, 0.25) is 0 Å². The highest BCUT2D eigenvalue weighted by Crippen LogP contribution is 2.28. The lowest BCUT2D eigenvalue weighted by atomic mass is 10.2. The zero-order valence-corrected chi connectivity index (χ0v) is 19.3. The maximum absolute atomic E-state index is 12.2. The molecule has 2 aromatic carbocycles. The molecule has 0 heterocycles. The predicted octanol–water partition coefficient (Wildman–Crippen LogP) is 2.63. The number of amides is 3. The van der Waals surface area contributed by atoms with Gasteiger partial charge in [-0.15, -0.1) is 0 Å². The van der Waals surface area contributed by atoms with Crippen LogP contribution in [0.3, 0.4) is 0 Å². The summed E-state index contributed by atoms with van der Waals surface area (Å²) in [5.74, 6) is -0.843. The first kappa shape index (κ1) is 25.4. The number of carbonyl (C=O) groups excluding carboxylic acids is 3. The van der Waals surface area contributed by atoms with Gasteiger partial charge in [0.2, 0.25) is 0 Å². The largest absolute Gasteiger partial charge is 0.490 e. The van der Waals surface area contributed by atoms with Crippen molar-refractivity contribution < 1.29 is 23.9 Å². The number of nitrogens with zero attached hydrogens (tertiary/aromatic N) is 1. The highest BCUT2D eigenvalue weighted by Gasteiger charge is 2.13. The van der Waals surface area contributed by atoms with Gasteiger partial charge in [-0.1, -0.05) is 32.0 Å². The average molecular weight is 455 g/mol. The number of benzene rings is 2. The maximum atomic E-state index is 12.2. The van der Waals surface area contributed by atoms with Gasteiger partial charge >= 0.3 is 11.8 Å². The summed E-state index contributed by atoms with van der Waals surface area (Å²) in [5.41, 5.74) is 4.47. The number of hydrogen-bond acceptors (Lipinski definition) is 6. The van der Waals surface area contributed by atoms with Crippen molar-refractivity contribution in [2.24, 2.45) is 11.0 Å². The third-order valence-electron chi connectivity index (χ3n) is 4.30. The smallest absolute Gasteiger partial charge is 0.329 e. The molecule has 33 heavy (non-hydrogen) atoms. The Hall–Kier alpha value is -3.88. The van der Waals surface area contributed by atoms with Crippen molar-refractivity contribution in [3.05, 3.63) is 53.6 Å². The van der Waals surface area contributed by atoms with Crippen LogP contribution in [-0.2, 0) is 14.4 Å². The zero-order chi connectivity index (χ0) is 24.2. The molecular weight excluding hydrogens is 424 g/mol. The SMILES string of the molecule is CCOc1cc(/C=N\NC(=O)C(=O)NCC(C)C)ccc1OCC(=O)Nc1ccccc1C. The number of ether oxygens (including phenoxy) is 2. The molecule has 0 atom stereocenters. The molecule has 0 aliphatic heterocycles. The van der Waals surface area contributed by atoms with Gasteiger partial charge in [0.1, 0.15) is 0 Å². The van der Waals surface area contributed by atoms with Gasteiger partial charge in [-0.25, -0.2) is 5.43 Å². The van der Waals surface area contributed by atoms with Crippen LogP contribution in [0.15, 0.2) is 47.6 Å². The Kier molecular flexibility index (Phi) is 9.88. The predicted molar refractivity (Wildman–Crippen MR) is 126 cm³/mol. The molecule has 0 spiro atoms. The van der Waals surface area contributed by atoms with Gasteiger partial charge in [-0.05, 0) is 55.2 Å². The Labute approximate surface area is 193 Å². The first-order valence-electron chi connectivity index (χ1n) is 10.7. The fourth-order valence-electron chi connectivity index (χ4n) is 2.63. The summed E-state index contributed by atoms with van der Waals surface area (Å²) in [6.45, 7) is 8.18. The number of aryl methyl sites for hydroxylation is 1. The van der Waals surface area contributed by atoms with Crippen molar-refractivity contribution in [1.29, 1.82) is 0 Å². The van der Waals surface area contributed by atoms with E-state index in [1.165, 1.54) is 6.21 Å². The minimum absolute atomic E-state index is 0.191. The van der Waals surface area contributed by atoms with E-state index in [-0.39, 0.29) is 18.4 Å². The molecule has 0 saturated heterocycles. The Morgan fingerprint density at radius 1 is 1.03 bits per heavy atom. The molecule has 0 aliphatic rings. The molecule has 0 unspecified atom stereocenters. The zero-order valence-electron chi connectivity index (χ0n) is 19.3. The van der Waals surface area contributed by atoms with Crippen molar-refractivity contribution >= 4 is 29.6 Å². The van der Waals surface area contributed by atoms with Crippen molar-refractivity contribution in [3.63, 3.8) is 0 Å². The Morgan fingerprint density at radius 3 is 2.48 bits per heavy atom. The van der Waals surface area contributed by atoms with Crippen LogP contribution in [0.1, 0.15) is 31.9 Å². The van der Waals surface area contributed by atoms with Gasteiger partial charge in [0, 0.05) is 12.2 Å². The molecule has 0 bridgehead atoms. The van der Waals surface area contributed by atoms with Gasteiger partial charge in [0.25, 0.3) is 5.91 Å². The summed E-state index contributed by atoms with van der Waals surface area (Å²) in [5, 5.41) is 9.12. The molecule has 0 aromatic heterocycles. The summed E-state index contributed by atoms with van der Waals surface area (Å²) in [4.78, 5) is 35.7. The molecule has 2 rings (SSSR count). The van der Waals surface area contributed by atoms with E-state index in [4.69, 9.17) is 9.47 Å². The van der Waals surface area contributed by atoms with E-state index in [1.54, 1.807) is 18.2 Å². The van der Waals surface area contributed by atoms with Crippen molar-refractivity contribution in [2.75, 3.05) is 25.1 Å². The molecular formula is C24H30N4O5. The van der Waals surface area contributed by atoms with Crippen LogP contribution in [0.5, 0.6) is 11.5 Å². The fourth-order valence-corrected chi connectivity index (χ4v) is 2.63. The van der Waals surface area contributed by atoms with E-state index in [0.717, 1.165) is 11.3 Å². The van der Waals surface area contributed by atoms with Crippen molar-refractivity contribution in [3.8, 4) is 11.5 Å². The summed E-state index contributed by atoms with van der Waals surface area (Å²) >= 11 is 0. The number of carbonyl (C=O) groups is 3. The summed E-state index contributed by atoms with van der Waals surface area (Å²) in [7, 11) is 0. The van der Waals surface area contributed by atoms with Crippen LogP contribution < -0.4 is 25.5 Å². The second kappa shape index (κ2) is 12.8. The van der Waals surface area contributed by atoms with E-state index in [2.05, 4.69) is 21.2 Å². The van der Waals surface area contributed by atoms with Gasteiger partial charge in [0.05, 0.1) is 12.8 Å². The van der Waals surface area contributed by atoms with Crippen LogP contribution in [0.25, 0.3) is 0 Å². The van der Waals surface area contributed by atoms with E-state index in [0.29, 0.717) is 30.2 Å². The van der Waals surface area contributed by atoms with Gasteiger partial charge in [-0.3, -0.25) is 14.4 Å². The standard InChI is InChI=1S/C24H30N4O5/c1-5-32-21-12-18(14-26-28-24(31)23(30)25-13-16(2)3)10-11-20(21)33-15-22(29)27-19-9-7-6-8-17(19)4/h6-12,14,16H,5,13,15H2,1-4H3,(H,25,30)(H,27,29)(H,28,31)/b26-14-. The third kappa shape index (κ3) is 8.64. The second-order valence-corrected chi connectivity index (χ2v) is 7.59. The van der Waals surface area contributed by atoms with E-state index in [9.17, 15) is 14.4 Å². The lowest BCUT2D eigenvalue weighted by Crippen LogP contribution is -2.39. The van der Waals surface area contributed by atoms with Gasteiger partial charge < -0.3 is 20.1 Å². The quantitative estimate of drug-likeness (QED) is 0.290. The molecule has 0 fully saturated rings. The van der Waals surface area contributed by atoms with Crippen LogP contribution in [0.4, 0.5) is 5.69 Å². The Bertz CT molecular complexity index is 1000. The summed E-state index contributed by atoms with van der Waals surface area (Å²) < 4.78 is 11.2. The highest BCUT2D eigenvalue weighted by atomic mass is 16.5. The minimum Gasteiger partial charge on any atom is -0.490 e. The molecule has 3 amide bonds. The van der Waals surface area contributed by atoms with Gasteiger partial charge in [0.15, 0.2) is 18.1 Å². The number of anilines is 1. The summed E-state index contributed by atoms with van der Waals surface area (Å²) in [6.07, 6.45) is 1.38. The van der Waals surface area contributed by atoms with Crippen molar-refractivity contribution in [2.45, 2.75) is 27.7 Å². The van der Waals surface area contributed by atoms with E-state index in [1.807, 2.05) is 52.0 Å². The number of nitrogens with one attached hydrogen (secondary N) is 3. The third-order valence-corrected chi connectivity index (χ3v) is 4.30. The molecule has 9 nitrogen and oxygen atoms in total. The first-order chi connectivity index (χ1) is 15.8. The monoisotopic (exact) mass is 454 g/mol. The molecule has 0 aliphatic carbocycles. The van der Waals surface area contributed by atoms with Crippen LogP contribution >= 0.6 is 0 Å². The van der Waals surface area contributed by atoms with Crippen LogP contribution in [0, 0.1) is 12.8 Å². The number of para-hydroxylation sites is 1. The highest BCUT2D eigenvalue weighted by molar-refractivity contribution is 6.35. The van der Waals surface area contributed by atoms with Crippen LogP contribution in [-0.4, -0.2) is 43.7 Å². The normalized spacial score (nSPS) is 10.7. The maximum Gasteiger partial charge on any atom is 0.329 e. The van der Waals surface area contributed by atoms with E-state index < -0.39 is 11.8 Å². The fraction of sp³-hybridized carbons (Fsp3) is 0.333.